The first kappa shape index (κ1) is 22.7. The van der Waals surface area contributed by atoms with Crippen molar-refractivity contribution in [1.82, 2.24) is 40.1 Å². The average Bonchev–Trinajstić information content (AvgIpc) is 3.52. The van der Waals surface area contributed by atoms with E-state index >= 15 is 0 Å². The van der Waals surface area contributed by atoms with Gasteiger partial charge in [-0.1, -0.05) is 13.8 Å². The van der Waals surface area contributed by atoms with Gasteiger partial charge in [0.05, 0.1) is 29.3 Å². The Labute approximate surface area is 212 Å². The van der Waals surface area contributed by atoms with E-state index in [0.717, 1.165) is 44.5 Å². The smallest absolute Gasteiger partial charge is 0.160 e. The maximum atomic E-state index is 10.3. The Balaban J connectivity index is 1.38. The summed E-state index contributed by atoms with van der Waals surface area (Å²) < 4.78 is 0. The van der Waals surface area contributed by atoms with Gasteiger partial charge in [0, 0.05) is 41.3 Å². The molecule has 0 aliphatic rings. The van der Waals surface area contributed by atoms with Crippen molar-refractivity contribution in [2.75, 3.05) is 5.32 Å². The second-order valence-electron chi connectivity index (χ2n) is 9.32. The third-order valence-electron chi connectivity index (χ3n) is 6.11. The van der Waals surface area contributed by atoms with Crippen LogP contribution in [0, 0.1) is 5.92 Å². The van der Waals surface area contributed by atoms with Gasteiger partial charge < -0.3 is 15.4 Å². The predicted octanol–water partition coefficient (Wildman–Crippen LogP) is 4.80. The number of imidazole rings is 1. The summed E-state index contributed by atoms with van der Waals surface area (Å²) in [5.74, 6) is 0.981. The van der Waals surface area contributed by atoms with Crippen molar-refractivity contribution in [3.63, 3.8) is 0 Å². The molecule has 6 aromatic heterocycles. The summed E-state index contributed by atoms with van der Waals surface area (Å²) in [5.41, 5.74) is 7.16. The SMILES string of the molecule is CC(C)CC(O)Nc1cncc(-c2cc3c(-c4nc5c(-c6ccncc6)ccnc5[nH]4)n[nH]c3cn2)c1. The highest BCUT2D eigenvalue weighted by atomic mass is 16.3. The molecule has 0 amide bonds. The van der Waals surface area contributed by atoms with Gasteiger partial charge in [0.15, 0.2) is 11.5 Å². The van der Waals surface area contributed by atoms with Crippen molar-refractivity contribution in [2.45, 2.75) is 26.5 Å². The quantitative estimate of drug-likeness (QED) is 0.233. The first-order valence-corrected chi connectivity index (χ1v) is 12.0. The normalized spacial score (nSPS) is 12.4. The Hall–Kier alpha value is -4.70. The highest BCUT2D eigenvalue weighted by Gasteiger charge is 2.17. The maximum absolute atomic E-state index is 10.3. The lowest BCUT2D eigenvalue weighted by Crippen LogP contribution is -2.20. The van der Waals surface area contributed by atoms with Crippen LogP contribution in [0.15, 0.2) is 67.5 Å². The number of pyridine rings is 4. The molecule has 6 heterocycles. The van der Waals surface area contributed by atoms with Crippen LogP contribution in [0.3, 0.4) is 0 Å². The van der Waals surface area contributed by atoms with Crippen LogP contribution >= 0.6 is 0 Å². The van der Waals surface area contributed by atoms with Gasteiger partial charge in [0.1, 0.15) is 17.4 Å². The second kappa shape index (κ2) is 9.40. The first-order valence-electron chi connectivity index (χ1n) is 12.0. The monoisotopic (exact) mass is 491 g/mol. The summed E-state index contributed by atoms with van der Waals surface area (Å²) in [7, 11) is 0. The van der Waals surface area contributed by atoms with Crippen molar-refractivity contribution >= 4 is 27.8 Å². The highest BCUT2D eigenvalue weighted by Crippen LogP contribution is 2.32. The molecule has 6 aromatic rings. The molecule has 10 nitrogen and oxygen atoms in total. The molecule has 0 aromatic carbocycles. The summed E-state index contributed by atoms with van der Waals surface area (Å²) >= 11 is 0. The minimum atomic E-state index is -0.647. The number of anilines is 1. The number of H-pyrrole nitrogens is 2. The fourth-order valence-corrected chi connectivity index (χ4v) is 4.40. The number of aromatic amines is 2. The van der Waals surface area contributed by atoms with Gasteiger partial charge in [-0.15, -0.1) is 0 Å². The molecule has 0 spiro atoms. The molecule has 6 rings (SSSR count). The number of hydrogen-bond donors (Lipinski definition) is 4. The van der Waals surface area contributed by atoms with E-state index in [0.29, 0.717) is 29.5 Å². The molecule has 0 aliphatic carbocycles. The molecule has 184 valence electrons. The first-order chi connectivity index (χ1) is 18.0. The van der Waals surface area contributed by atoms with Crippen LogP contribution in [0.1, 0.15) is 20.3 Å². The fourth-order valence-electron chi connectivity index (χ4n) is 4.40. The van der Waals surface area contributed by atoms with Gasteiger partial charge in [-0.05, 0) is 48.2 Å². The van der Waals surface area contributed by atoms with Crippen molar-refractivity contribution in [2.24, 2.45) is 5.92 Å². The molecule has 0 bridgehead atoms. The second-order valence-corrected chi connectivity index (χ2v) is 9.32. The summed E-state index contributed by atoms with van der Waals surface area (Å²) in [6, 6.07) is 9.73. The van der Waals surface area contributed by atoms with Crippen molar-refractivity contribution < 1.29 is 5.11 Å². The van der Waals surface area contributed by atoms with Gasteiger partial charge in [0.2, 0.25) is 0 Å². The standard InChI is InChI=1S/C27H25N9O/c1-15(2)9-23(37)32-18-10-17(12-29-13-18)21-11-20-22(14-31-21)35-36-25(20)27-33-24-19(5-8-30-26(24)34-27)16-3-6-28-7-4-16/h3-8,10-15,23,32,37H,9H2,1-2H3,(H,35,36)(H,30,33,34). The Morgan fingerprint density at radius 3 is 2.65 bits per heavy atom. The predicted molar refractivity (Wildman–Crippen MR) is 142 cm³/mol. The van der Waals surface area contributed by atoms with Crippen LogP contribution in [0.2, 0.25) is 0 Å². The van der Waals surface area contributed by atoms with Gasteiger partial charge in [-0.25, -0.2) is 9.97 Å². The van der Waals surface area contributed by atoms with Gasteiger partial charge in [0.25, 0.3) is 0 Å². The number of nitrogens with zero attached hydrogens (tertiary/aromatic N) is 6. The van der Waals surface area contributed by atoms with E-state index in [4.69, 9.17) is 4.98 Å². The number of fused-ring (bicyclic) bond motifs is 2. The van der Waals surface area contributed by atoms with E-state index in [1.165, 1.54) is 0 Å². The van der Waals surface area contributed by atoms with E-state index in [1.807, 2.05) is 30.3 Å². The molecule has 0 saturated carbocycles. The van der Waals surface area contributed by atoms with Crippen LogP contribution in [0.25, 0.3) is 56.0 Å². The molecule has 0 fully saturated rings. The Kier molecular flexibility index (Phi) is 5.78. The van der Waals surface area contributed by atoms with Gasteiger partial charge in [-0.3, -0.25) is 20.1 Å². The summed E-state index contributed by atoms with van der Waals surface area (Å²) in [6.07, 6.45) is 10.5. The zero-order valence-electron chi connectivity index (χ0n) is 20.3. The molecule has 10 heteroatoms. The van der Waals surface area contributed by atoms with E-state index < -0.39 is 6.23 Å². The number of hydrogen-bond acceptors (Lipinski definition) is 8. The minimum absolute atomic E-state index is 0.372. The highest BCUT2D eigenvalue weighted by molar-refractivity contribution is 5.96. The third-order valence-corrected chi connectivity index (χ3v) is 6.11. The summed E-state index contributed by atoms with van der Waals surface area (Å²) in [5, 5.41) is 21.8. The molecule has 0 aliphatic heterocycles. The Bertz CT molecular complexity index is 1690. The fraction of sp³-hybridized carbons (Fsp3) is 0.185. The number of aliphatic hydroxyl groups is 1. The van der Waals surface area contributed by atoms with Crippen LogP contribution in [-0.4, -0.2) is 51.4 Å². The number of nitrogens with one attached hydrogen (secondary N) is 3. The zero-order chi connectivity index (χ0) is 25.4. The van der Waals surface area contributed by atoms with Crippen LogP contribution in [-0.2, 0) is 0 Å². The Morgan fingerprint density at radius 2 is 1.81 bits per heavy atom. The van der Waals surface area contributed by atoms with Crippen LogP contribution in [0.4, 0.5) is 5.69 Å². The molecule has 1 unspecified atom stereocenters. The summed E-state index contributed by atoms with van der Waals surface area (Å²) in [6.45, 7) is 4.14. The van der Waals surface area contributed by atoms with E-state index in [1.54, 1.807) is 37.2 Å². The molecule has 0 saturated heterocycles. The zero-order valence-corrected chi connectivity index (χ0v) is 20.3. The van der Waals surface area contributed by atoms with Crippen molar-refractivity contribution in [3.8, 4) is 33.9 Å². The Morgan fingerprint density at radius 1 is 0.946 bits per heavy atom. The topological polar surface area (TPSA) is 141 Å². The number of rotatable bonds is 7. The van der Waals surface area contributed by atoms with Crippen LogP contribution < -0.4 is 5.32 Å². The molecule has 4 N–H and O–H groups in total. The van der Waals surface area contributed by atoms with Crippen molar-refractivity contribution in [3.05, 3.63) is 67.5 Å². The average molecular weight is 492 g/mol. The maximum Gasteiger partial charge on any atom is 0.160 e. The number of aromatic nitrogens is 8. The minimum Gasteiger partial charge on any atom is -0.374 e. The van der Waals surface area contributed by atoms with E-state index in [9.17, 15) is 5.11 Å². The molecular weight excluding hydrogens is 466 g/mol. The van der Waals surface area contributed by atoms with Crippen LogP contribution in [0.5, 0.6) is 0 Å². The summed E-state index contributed by atoms with van der Waals surface area (Å²) in [4.78, 5) is 25.7. The van der Waals surface area contributed by atoms with Gasteiger partial charge >= 0.3 is 0 Å². The van der Waals surface area contributed by atoms with Gasteiger partial charge in [-0.2, -0.15) is 5.10 Å². The van der Waals surface area contributed by atoms with E-state index in [-0.39, 0.29) is 0 Å². The number of aliphatic hydroxyl groups excluding tert-OH is 1. The molecule has 0 radical (unpaired) electrons. The lowest BCUT2D eigenvalue weighted by atomic mass is 10.1. The molecule has 37 heavy (non-hydrogen) atoms. The van der Waals surface area contributed by atoms with Crippen molar-refractivity contribution in [1.29, 1.82) is 0 Å². The molecule has 1 atom stereocenters. The van der Waals surface area contributed by atoms with E-state index in [2.05, 4.69) is 54.3 Å². The third kappa shape index (κ3) is 4.50. The lowest BCUT2D eigenvalue weighted by Gasteiger charge is -2.16. The lowest BCUT2D eigenvalue weighted by molar-refractivity contribution is 0.176. The molecular formula is C27H25N9O. The largest absolute Gasteiger partial charge is 0.374 e.